The third kappa shape index (κ3) is 5.88. The van der Waals surface area contributed by atoms with Crippen molar-refractivity contribution in [2.24, 2.45) is 5.41 Å². The van der Waals surface area contributed by atoms with Gasteiger partial charge in [0.15, 0.2) is 0 Å². The fourth-order valence-electron chi connectivity index (χ4n) is 1.73. The molecule has 2 amide bonds. The second kappa shape index (κ2) is 7.59. The van der Waals surface area contributed by atoms with Gasteiger partial charge < -0.3 is 15.7 Å². The lowest BCUT2D eigenvalue weighted by atomic mass is 9.89. The lowest BCUT2D eigenvalue weighted by molar-refractivity contribution is 0.148. The Labute approximate surface area is 124 Å². The number of urea groups is 1. The highest BCUT2D eigenvalue weighted by molar-refractivity contribution is 7.11. The van der Waals surface area contributed by atoms with Crippen molar-refractivity contribution in [1.82, 2.24) is 15.6 Å². The van der Waals surface area contributed by atoms with Crippen molar-refractivity contribution in [3.8, 4) is 0 Å². The van der Waals surface area contributed by atoms with Crippen molar-refractivity contribution >= 4 is 17.4 Å². The first-order valence-corrected chi connectivity index (χ1v) is 7.73. The average molecular weight is 299 g/mol. The van der Waals surface area contributed by atoms with Crippen LogP contribution < -0.4 is 10.6 Å². The second-order valence-corrected chi connectivity index (χ2v) is 7.12. The van der Waals surface area contributed by atoms with Crippen molar-refractivity contribution in [3.63, 3.8) is 0 Å². The molecule has 3 N–H and O–H groups in total. The van der Waals surface area contributed by atoms with Gasteiger partial charge in [0.25, 0.3) is 0 Å². The van der Waals surface area contributed by atoms with Crippen LogP contribution in [0.1, 0.15) is 49.5 Å². The number of carbonyl (C=O) groups is 1. The Bertz CT molecular complexity index is 432. The highest BCUT2D eigenvalue weighted by Crippen LogP contribution is 2.20. The minimum absolute atomic E-state index is 0.0795. The zero-order chi connectivity index (χ0) is 15.2. The molecule has 20 heavy (non-hydrogen) atoms. The predicted octanol–water partition coefficient (Wildman–Crippen LogP) is 2.61. The van der Waals surface area contributed by atoms with E-state index in [2.05, 4.69) is 15.6 Å². The van der Waals surface area contributed by atoms with Crippen LogP contribution >= 0.6 is 11.3 Å². The SMILES string of the molecule is Cc1cnc(C(C)NC(=O)NCCCC(C)(C)CO)s1. The van der Waals surface area contributed by atoms with Crippen molar-refractivity contribution in [2.45, 2.75) is 46.6 Å². The lowest BCUT2D eigenvalue weighted by Crippen LogP contribution is -2.37. The zero-order valence-electron chi connectivity index (χ0n) is 12.7. The van der Waals surface area contributed by atoms with E-state index in [1.807, 2.05) is 33.9 Å². The number of nitrogens with one attached hydrogen (secondary N) is 2. The molecular formula is C14H25N3O2S. The topological polar surface area (TPSA) is 74.2 Å². The summed E-state index contributed by atoms with van der Waals surface area (Å²) >= 11 is 1.59. The van der Waals surface area contributed by atoms with E-state index in [4.69, 9.17) is 5.11 Å². The molecule has 1 rings (SSSR count). The Morgan fingerprint density at radius 3 is 2.80 bits per heavy atom. The standard InChI is InChI=1S/C14H25N3O2S/c1-10-8-16-12(20-10)11(2)17-13(19)15-7-5-6-14(3,4)9-18/h8,11,18H,5-7,9H2,1-4H3,(H2,15,17,19). The van der Waals surface area contributed by atoms with Crippen LogP contribution in [0, 0.1) is 12.3 Å². The minimum Gasteiger partial charge on any atom is -0.396 e. The van der Waals surface area contributed by atoms with Gasteiger partial charge in [0, 0.05) is 24.2 Å². The molecule has 114 valence electrons. The van der Waals surface area contributed by atoms with Gasteiger partial charge >= 0.3 is 6.03 Å². The molecule has 0 radical (unpaired) electrons. The van der Waals surface area contributed by atoms with E-state index in [9.17, 15) is 4.79 Å². The summed E-state index contributed by atoms with van der Waals surface area (Å²) in [4.78, 5) is 17.1. The normalized spacial score (nSPS) is 13.1. The third-order valence-corrected chi connectivity index (χ3v) is 4.20. The predicted molar refractivity (Wildman–Crippen MR) is 81.9 cm³/mol. The van der Waals surface area contributed by atoms with Gasteiger partial charge in [-0.25, -0.2) is 9.78 Å². The van der Waals surface area contributed by atoms with Crippen molar-refractivity contribution in [3.05, 3.63) is 16.1 Å². The van der Waals surface area contributed by atoms with Crippen LogP contribution in [0.2, 0.25) is 0 Å². The first kappa shape index (κ1) is 16.9. The van der Waals surface area contributed by atoms with Crippen LogP contribution in [0.5, 0.6) is 0 Å². The molecule has 1 aromatic heterocycles. The molecule has 0 fully saturated rings. The number of amides is 2. The van der Waals surface area contributed by atoms with E-state index in [-0.39, 0.29) is 24.1 Å². The van der Waals surface area contributed by atoms with Gasteiger partial charge in [0.05, 0.1) is 6.04 Å². The molecule has 0 bridgehead atoms. The van der Waals surface area contributed by atoms with Gasteiger partial charge in [-0.05, 0) is 32.1 Å². The number of hydrogen-bond donors (Lipinski definition) is 3. The smallest absolute Gasteiger partial charge is 0.315 e. The number of thiazole rings is 1. The van der Waals surface area contributed by atoms with E-state index in [1.54, 1.807) is 11.3 Å². The van der Waals surface area contributed by atoms with Crippen LogP contribution in [0.4, 0.5) is 4.79 Å². The van der Waals surface area contributed by atoms with E-state index >= 15 is 0 Å². The molecule has 0 aromatic carbocycles. The minimum atomic E-state index is -0.174. The van der Waals surface area contributed by atoms with Crippen LogP contribution in [0.15, 0.2) is 6.20 Å². The molecular weight excluding hydrogens is 274 g/mol. The molecule has 1 atom stereocenters. The monoisotopic (exact) mass is 299 g/mol. The maximum absolute atomic E-state index is 11.7. The number of carbonyl (C=O) groups excluding carboxylic acids is 1. The molecule has 1 heterocycles. The van der Waals surface area contributed by atoms with E-state index in [0.717, 1.165) is 22.7 Å². The molecule has 0 aliphatic heterocycles. The largest absolute Gasteiger partial charge is 0.396 e. The fourth-order valence-corrected chi connectivity index (χ4v) is 2.51. The summed E-state index contributed by atoms with van der Waals surface area (Å²) in [6, 6.07) is -0.255. The Morgan fingerprint density at radius 2 is 2.25 bits per heavy atom. The number of aliphatic hydroxyl groups excluding tert-OH is 1. The summed E-state index contributed by atoms with van der Waals surface area (Å²) in [5.74, 6) is 0. The summed E-state index contributed by atoms with van der Waals surface area (Å²) < 4.78 is 0. The van der Waals surface area contributed by atoms with Gasteiger partial charge in [-0.2, -0.15) is 0 Å². The van der Waals surface area contributed by atoms with Gasteiger partial charge in [0.1, 0.15) is 5.01 Å². The van der Waals surface area contributed by atoms with Crippen LogP contribution in [0.25, 0.3) is 0 Å². The van der Waals surface area contributed by atoms with Crippen LogP contribution in [-0.2, 0) is 0 Å². The van der Waals surface area contributed by atoms with Crippen molar-refractivity contribution in [2.75, 3.05) is 13.2 Å². The van der Waals surface area contributed by atoms with Gasteiger partial charge in [0.2, 0.25) is 0 Å². The van der Waals surface area contributed by atoms with Gasteiger partial charge in [-0.15, -0.1) is 11.3 Å². The quantitative estimate of drug-likeness (QED) is 0.678. The molecule has 6 heteroatoms. The van der Waals surface area contributed by atoms with Crippen LogP contribution in [-0.4, -0.2) is 29.3 Å². The summed E-state index contributed by atoms with van der Waals surface area (Å²) in [5, 5.41) is 15.8. The number of aryl methyl sites for hydroxylation is 1. The van der Waals surface area contributed by atoms with E-state index < -0.39 is 0 Å². The summed E-state index contributed by atoms with van der Waals surface area (Å²) in [7, 11) is 0. The lowest BCUT2D eigenvalue weighted by Gasteiger charge is -2.21. The number of aliphatic hydroxyl groups is 1. The highest BCUT2D eigenvalue weighted by atomic mass is 32.1. The molecule has 5 nitrogen and oxygen atoms in total. The number of nitrogens with zero attached hydrogens (tertiary/aromatic N) is 1. The average Bonchev–Trinajstić information content (AvgIpc) is 2.81. The Morgan fingerprint density at radius 1 is 1.55 bits per heavy atom. The number of hydrogen-bond acceptors (Lipinski definition) is 4. The number of rotatable bonds is 7. The number of aromatic nitrogens is 1. The molecule has 0 spiro atoms. The van der Waals surface area contributed by atoms with Crippen molar-refractivity contribution < 1.29 is 9.90 Å². The highest BCUT2D eigenvalue weighted by Gasteiger charge is 2.16. The fraction of sp³-hybridized carbons (Fsp3) is 0.714. The maximum Gasteiger partial charge on any atom is 0.315 e. The van der Waals surface area contributed by atoms with Crippen LogP contribution in [0.3, 0.4) is 0 Å². The Hall–Kier alpha value is -1.14. The first-order chi connectivity index (χ1) is 9.34. The molecule has 0 saturated heterocycles. The summed E-state index contributed by atoms with van der Waals surface area (Å²) in [5.41, 5.74) is -0.0795. The van der Waals surface area contributed by atoms with E-state index in [0.29, 0.717) is 6.54 Å². The Kier molecular flexibility index (Phi) is 6.42. The molecule has 1 aromatic rings. The van der Waals surface area contributed by atoms with Gasteiger partial charge in [-0.1, -0.05) is 13.8 Å². The third-order valence-electron chi connectivity index (χ3n) is 3.10. The molecule has 0 saturated carbocycles. The summed E-state index contributed by atoms with van der Waals surface area (Å²) in [6.07, 6.45) is 3.55. The molecule has 0 aliphatic carbocycles. The maximum atomic E-state index is 11.7. The Balaban J connectivity index is 2.24. The zero-order valence-corrected chi connectivity index (χ0v) is 13.5. The molecule has 1 unspecified atom stereocenters. The molecule has 0 aliphatic rings. The van der Waals surface area contributed by atoms with Gasteiger partial charge in [-0.3, -0.25) is 0 Å². The van der Waals surface area contributed by atoms with Crippen molar-refractivity contribution in [1.29, 1.82) is 0 Å². The summed E-state index contributed by atoms with van der Waals surface area (Å²) in [6.45, 7) is 8.72. The second-order valence-electron chi connectivity index (χ2n) is 5.86. The van der Waals surface area contributed by atoms with E-state index in [1.165, 1.54) is 0 Å². The first-order valence-electron chi connectivity index (χ1n) is 6.91.